The zero-order chi connectivity index (χ0) is 14.4. The second-order valence-corrected chi connectivity index (χ2v) is 7.12. The molecule has 0 aromatic heterocycles. The van der Waals surface area contributed by atoms with Gasteiger partial charge in [-0.05, 0) is 43.9 Å². The van der Waals surface area contributed by atoms with Crippen LogP contribution in [-0.2, 0) is 0 Å². The van der Waals surface area contributed by atoms with Gasteiger partial charge in [-0.2, -0.15) is 11.8 Å². The summed E-state index contributed by atoms with van der Waals surface area (Å²) in [6.45, 7) is 5.44. The van der Waals surface area contributed by atoms with E-state index in [4.69, 9.17) is 4.74 Å². The summed E-state index contributed by atoms with van der Waals surface area (Å²) < 4.78 is 5.76. The van der Waals surface area contributed by atoms with Crippen molar-refractivity contribution in [1.29, 1.82) is 0 Å². The monoisotopic (exact) mass is 293 g/mol. The minimum atomic E-state index is 0.588. The van der Waals surface area contributed by atoms with Gasteiger partial charge in [-0.1, -0.05) is 32.0 Å². The summed E-state index contributed by atoms with van der Waals surface area (Å²) in [5.41, 5.74) is 1.40. The summed E-state index contributed by atoms with van der Waals surface area (Å²) in [6.07, 6.45) is 3.60. The van der Waals surface area contributed by atoms with E-state index in [1.54, 1.807) is 0 Å². The van der Waals surface area contributed by atoms with E-state index < -0.39 is 0 Å². The number of benzene rings is 1. The van der Waals surface area contributed by atoms with Crippen molar-refractivity contribution in [3.05, 3.63) is 29.8 Å². The van der Waals surface area contributed by atoms with Gasteiger partial charge in [0, 0.05) is 17.0 Å². The molecule has 1 aromatic rings. The van der Waals surface area contributed by atoms with Crippen molar-refractivity contribution in [2.45, 2.75) is 50.3 Å². The Bertz CT molecular complexity index is 410. The van der Waals surface area contributed by atoms with Crippen LogP contribution in [0.3, 0.4) is 0 Å². The molecule has 0 saturated carbocycles. The maximum atomic E-state index is 5.76. The number of para-hydroxylation sites is 1. The van der Waals surface area contributed by atoms with Crippen LogP contribution in [0, 0.1) is 0 Å². The Labute approximate surface area is 127 Å². The first-order chi connectivity index (χ1) is 9.74. The maximum Gasteiger partial charge on any atom is 0.122 e. The van der Waals surface area contributed by atoms with Crippen molar-refractivity contribution < 1.29 is 4.74 Å². The highest BCUT2D eigenvalue weighted by Gasteiger charge is 2.24. The number of nitrogens with one attached hydrogen (secondary N) is 1. The van der Waals surface area contributed by atoms with Crippen LogP contribution >= 0.6 is 11.8 Å². The quantitative estimate of drug-likeness (QED) is 0.819. The van der Waals surface area contributed by atoms with Crippen LogP contribution in [0.1, 0.15) is 44.6 Å². The van der Waals surface area contributed by atoms with Crippen LogP contribution in [-0.4, -0.2) is 30.7 Å². The van der Waals surface area contributed by atoms with Gasteiger partial charge in [-0.3, -0.25) is 0 Å². The Morgan fingerprint density at radius 1 is 1.40 bits per heavy atom. The van der Waals surface area contributed by atoms with E-state index in [1.807, 2.05) is 0 Å². The lowest BCUT2D eigenvalue weighted by Gasteiger charge is -2.29. The molecular weight excluding hydrogens is 266 g/mol. The molecule has 0 saturated heterocycles. The first kappa shape index (κ1) is 15.7. The molecule has 1 aliphatic rings. The fourth-order valence-corrected chi connectivity index (χ4v) is 3.77. The van der Waals surface area contributed by atoms with Gasteiger partial charge < -0.3 is 10.1 Å². The largest absolute Gasteiger partial charge is 0.493 e. The number of ether oxygens (including phenoxy) is 1. The second-order valence-electron chi connectivity index (χ2n) is 5.65. The number of thioether (sulfide) groups is 1. The summed E-state index contributed by atoms with van der Waals surface area (Å²) in [7, 11) is 2.09. The molecule has 0 amide bonds. The van der Waals surface area contributed by atoms with Gasteiger partial charge in [0.15, 0.2) is 0 Å². The van der Waals surface area contributed by atoms with Gasteiger partial charge in [0.2, 0.25) is 0 Å². The highest BCUT2D eigenvalue weighted by atomic mass is 32.2. The average Bonchev–Trinajstić information content (AvgIpc) is 2.51. The van der Waals surface area contributed by atoms with Crippen LogP contribution < -0.4 is 10.1 Å². The van der Waals surface area contributed by atoms with E-state index in [-0.39, 0.29) is 0 Å². The summed E-state index contributed by atoms with van der Waals surface area (Å²) in [5.74, 6) is 2.92. The van der Waals surface area contributed by atoms with Crippen molar-refractivity contribution in [3.8, 4) is 5.75 Å². The fraction of sp³-hybridized carbons (Fsp3) is 0.647. The van der Waals surface area contributed by atoms with E-state index >= 15 is 0 Å². The lowest BCUT2D eigenvalue weighted by atomic mass is 9.88. The predicted molar refractivity (Wildman–Crippen MR) is 89.0 cm³/mol. The standard InChI is InChI=1S/C17H27NOS/c1-4-13(2)20-12-15(18-3)11-14-9-10-19-17-8-6-5-7-16(14)17/h5-8,13-15,18H,4,9-12H2,1-3H3. The SMILES string of the molecule is CCC(C)SCC(CC1CCOc2ccccc21)NC. The first-order valence-electron chi connectivity index (χ1n) is 7.75. The molecule has 20 heavy (non-hydrogen) atoms. The Kier molecular flexibility index (Phi) is 6.24. The summed E-state index contributed by atoms with van der Waals surface area (Å²) in [6, 6.07) is 9.11. The summed E-state index contributed by atoms with van der Waals surface area (Å²) >= 11 is 2.09. The van der Waals surface area contributed by atoms with Crippen LogP contribution in [0.25, 0.3) is 0 Å². The molecule has 3 unspecified atom stereocenters. The first-order valence-corrected chi connectivity index (χ1v) is 8.80. The van der Waals surface area contributed by atoms with Crippen LogP contribution in [0.2, 0.25) is 0 Å². The molecule has 1 heterocycles. The molecule has 1 aromatic carbocycles. The van der Waals surface area contributed by atoms with Crippen molar-refractivity contribution in [2.75, 3.05) is 19.4 Å². The van der Waals surface area contributed by atoms with E-state index in [2.05, 4.69) is 62.2 Å². The van der Waals surface area contributed by atoms with Crippen LogP contribution in [0.5, 0.6) is 5.75 Å². The van der Waals surface area contributed by atoms with E-state index in [1.165, 1.54) is 24.2 Å². The Morgan fingerprint density at radius 2 is 2.20 bits per heavy atom. The second kappa shape index (κ2) is 7.94. The Hall–Kier alpha value is -0.670. The van der Waals surface area contributed by atoms with Gasteiger partial charge in [-0.15, -0.1) is 0 Å². The van der Waals surface area contributed by atoms with Crippen molar-refractivity contribution in [2.24, 2.45) is 0 Å². The molecule has 1 aliphatic heterocycles. The lowest BCUT2D eigenvalue weighted by Crippen LogP contribution is -2.31. The highest BCUT2D eigenvalue weighted by Crippen LogP contribution is 2.36. The van der Waals surface area contributed by atoms with Crippen molar-refractivity contribution in [1.82, 2.24) is 5.32 Å². The van der Waals surface area contributed by atoms with Gasteiger partial charge in [0.1, 0.15) is 5.75 Å². The maximum absolute atomic E-state index is 5.76. The third-order valence-corrected chi connectivity index (χ3v) is 5.71. The zero-order valence-electron chi connectivity index (χ0n) is 12.9. The molecule has 3 atom stereocenters. The van der Waals surface area contributed by atoms with Crippen LogP contribution in [0.15, 0.2) is 24.3 Å². The minimum Gasteiger partial charge on any atom is -0.493 e. The lowest BCUT2D eigenvalue weighted by molar-refractivity contribution is 0.258. The molecule has 0 aliphatic carbocycles. The van der Waals surface area contributed by atoms with Gasteiger partial charge in [-0.25, -0.2) is 0 Å². The van der Waals surface area contributed by atoms with Gasteiger partial charge >= 0.3 is 0 Å². The molecule has 0 spiro atoms. The molecule has 112 valence electrons. The molecule has 0 fully saturated rings. The Morgan fingerprint density at radius 3 is 2.95 bits per heavy atom. The molecule has 2 nitrogen and oxygen atoms in total. The number of rotatable bonds is 7. The normalized spacial score (nSPS) is 20.9. The van der Waals surface area contributed by atoms with Crippen LogP contribution in [0.4, 0.5) is 0 Å². The smallest absolute Gasteiger partial charge is 0.122 e. The number of fused-ring (bicyclic) bond motifs is 1. The van der Waals surface area contributed by atoms with Gasteiger partial charge in [0.25, 0.3) is 0 Å². The van der Waals surface area contributed by atoms with Crippen molar-refractivity contribution >= 4 is 11.8 Å². The molecular formula is C17H27NOS. The minimum absolute atomic E-state index is 0.588. The third kappa shape index (κ3) is 4.16. The third-order valence-electron chi connectivity index (χ3n) is 4.22. The zero-order valence-corrected chi connectivity index (χ0v) is 13.7. The van der Waals surface area contributed by atoms with E-state index in [9.17, 15) is 0 Å². The number of hydrogen-bond donors (Lipinski definition) is 1. The molecule has 0 bridgehead atoms. The average molecular weight is 293 g/mol. The van der Waals surface area contributed by atoms with Gasteiger partial charge in [0.05, 0.1) is 6.61 Å². The number of hydrogen-bond acceptors (Lipinski definition) is 3. The molecule has 2 rings (SSSR count). The molecule has 3 heteroatoms. The predicted octanol–water partition coefficient (Wildman–Crippen LogP) is 4.06. The Balaban J connectivity index is 1.95. The topological polar surface area (TPSA) is 21.3 Å². The van der Waals surface area contributed by atoms with Crippen molar-refractivity contribution in [3.63, 3.8) is 0 Å². The molecule has 0 radical (unpaired) electrons. The van der Waals surface area contributed by atoms with E-state index in [0.29, 0.717) is 12.0 Å². The van der Waals surface area contributed by atoms with E-state index in [0.717, 1.165) is 24.0 Å². The summed E-state index contributed by atoms with van der Waals surface area (Å²) in [4.78, 5) is 0. The summed E-state index contributed by atoms with van der Waals surface area (Å²) in [5, 5.41) is 4.26. The fourth-order valence-electron chi connectivity index (χ4n) is 2.67. The molecule has 1 N–H and O–H groups in total. The highest BCUT2D eigenvalue weighted by molar-refractivity contribution is 7.99.